The van der Waals surface area contributed by atoms with Gasteiger partial charge in [0.15, 0.2) is 0 Å². The molecule has 3 N–H and O–H groups in total. The molecule has 0 saturated heterocycles. The van der Waals surface area contributed by atoms with Crippen LogP contribution in [0.2, 0.25) is 0 Å². The topological polar surface area (TPSA) is 87.3 Å². The van der Waals surface area contributed by atoms with Crippen LogP contribution in [0.4, 0.5) is 4.79 Å². The molecule has 0 heterocycles. The fourth-order valence-corrected chi connectivity index (χ4v) is 2.56. The van der Waals surface area contributed by atoms with Crippen molar-refractivity contribution in [3.05, 3.63) is 29.8 Å². The number of nitrogens with one attached hydrogen (secondary N) is 3. The standard InChI is InChI=1S/C12H19N3O3S2/c1-13-20(17,18)11-5-3-4-10(8-11)9-15-12(16)14-6-7-19-2/h3-5,8,13H,6-7,9H2,1-2H3,(H2,14,15,16). The van der Waals surface area contributed by atoms with Crippen LogP contribution in [0, 0.1) is 0 Å². The predicted molar refractivity (Wildman–Crippen MR) is 81.3 cm³/mol. The molecule has 0 aliphatic carbocycles. The second-order valence-electron chi connectivity index (χ2n) is 3.96. The average Bonchev–Trinajstić information content (AvgIpc) is 2.46. The highest BCUT2D eigenvalue weighted by Crippen LogP contribution is 2.10. The minimum absolute atomic E-state index is 0.182. The van der Waals surface area contributed by atoms with E-state index in [9.17, 15) is 13.2 Å². The molecule has 8 heteroatoms. The fourth-order valence-electron chi connectivity index (χ4n) is 1.45. The first-order valence-corrected chi connectivity index (χ1v) is 8.90. The molecule has 6 nitrogen and oxygen atoms in total. The molecule has 0 aliphatic heterocycles. The summed E-state index contributed by atoms with van der Waals surface area (Å²) in [7, 11) is -2.10. The summed E-state index contributed by atoms with van der Waals surface area (Å²) in [5.74, 6) is 0.851. The molecule has 0 radical (unpaired) electrons. The number of urea groups is 1. The highest BCUT2D eigenvalue weighted by Gasteiger charge is 2.11. The number of carbonyl (C=O) groups excluding carboxylic acids is 1. The molecule has 0 aliphatic rings. The third-order valence-corrected chi connectivity index (χ3v) is 4.55. The van der Waals surface area contributed by atoms with Crippen LogP contribution in [0.3, 0.4) is 0 Å². The summed E-state index contributed by atoms with van der Waals surface area (Å²) in [5, 5.41) is 5.39. The van der Waals surface area contributed by atoms with Crippen molar-refractivity contribution >= 4 is 27.8 Å². The van der Waals surface area contributed by atoms with Gasteiger partial charge in [-0.15, -0.1) is 0 Å². The lowest BCUT2D eigenvalue weighted by atomic mass is 10.2. The number of thioether (sulfide) groups is 1. The molecule has 0 saturated carbocycles. The Morgan fingerprint density at radius 2 is 2.05 bits per heavy atom. The summed E-state index contributed by atoms with van der Waals surface area (Å²) in [5.41, 5.74) is 0.723. The van der Waals surface area contributed by atoms with Gasteiger partial charge in [0.1, 0.15) is 0 Å². The molecule has 20 heavy (non-hydrogen) atoms. The molecule has 112 valence electrons. The maximum absolute atomic E-state index is 11.7. The van der Waals surface area contributed by atoms with Gasteiger partial charge in [-0.25, -0.2) is 17.9 Å². The number of hydrogen-bond donors (Lipinski definition) is 3. The van der Waals surface area contributed by atoms with Gasteiger partial charge in [0.05, 0.1) is 4.90 Å². The van der Waals surface area contributed by atoms with Crippen LogP contribution in [-0.2, 0) is 16.6 Å². The molecular weight excluding hydrogens is 298 g/mol. The van der Waals surface area contributed by atoms with Gasteiger partial charge >= 0.3 is 6.03 Å². The van der Waals surface area contributed by atoms with Gasteiger partial charge < -0.3 is 10.6 Å². The van der Waals surface area contributed by atoms with Crippen molar-refractivity contribution in [2.75, 3.05) is 25.6 Å². The molecule has 2 amide bonds. The second-order valence-corrected chi connectivity index (χ2v) is 6.83. The Bertz CT molecular complexity index is 547. The Morgan fingerprint density at radius 3 is 2.70 bits per heavy atom. The lowest BCUT2D eigenvalue weighted by molar-refractivity contribution is 0.241. The van der Waals surface area contributed by atoms with E-state index in [1.807, 2.05) is 6.26 Å². The third kappa shape index (κ3) is 5.40. The monoisotopic (exact) mass is 317 g/mol. The van der Waals surface area contributed by atoms with Gasteiger partial charge in [0.2, 0.25) is 10.0 Å². The van der Waals surface area contributed by atoms with Crippen LogP contribution in [-0.4, -0.2) is 40.0 Å². The van der Waals surface area contributed by atoms with Crippen molar-refractivity contribution in [2.24, 2.45) is 0 Å². The molecular formula is C12H19N3O3S2. The third-order valence-electron chi connectivity index (χ3n) is 2.52. The highest BCUT2D eigenvalue weighted by atomic mass is 32.2. The molecule has 0 fully saturated rings. The van der Waals surface area contributed by atoms with E-state index in [4.69, 9.17) is 0 Å². The van der Waals surface area contributed by atoms with E-state index in [1.54, 1.807) is 23.9 Å². The lowest BCUT2D eigenvalue weighted by Gasteiger charge is -2.08. The summed E-state index contributed by atoms with van der Waals surface area (Å²) < 4.78 is 25.6. The first-order valence-electron chi connectivity index (χ1n) is 6.02. The van der Waals surface area contributed by atoms with Crippen LogP contribution < -0.4 is 15.4 Å². The highest BCUT2D eigenvalue weighted by molar-refractivity contribution is 7.98. The van der Waals surface area contributed by atoms with Crippen molar-refractivity contribution in [2.45, 2.75) is 11.4 Å². The lowest BCUT2D eigenvalue weighted by Crippen LogP contribution is -2.36. The number of rotatable bonds is 7. The summed E-state index contributed by atoms with van der Waals surface area (Å²) >= 11 is 1.65. The maximum atomic E-state index is 11.7. The SMILES string of the molecule is CNS(=O)(=O)c1cccc(CNC(=O)NCCSC)c1. The predicted octanol–water partition coefficient (Wildman–Crippen LogP) is 0.757. The van der Waals surface area contributed by atoms with E-state index in [2.05, 4.69) is 15.4 Å². The van der Waals surface area contributed by atoms with Crippen LogP contribution in [0.15, 0.2) is 29.2 Å². The van der Waals surface area contributed by atoms with Crippen LogP contribution in [0.1, 0.15) is 5.56 Å². The molecule has 0 unspecified atom stereocenters. The molecule has 1 aromatic carbocycles. The Balaban J connectivity index is 2.57. The van der Waals surface area contributed by atoms with E-state index in [1.165, 1.54) is 19.2 Å². The number of amides is 2. The number of benzene rings is 1. The smallest absolute Gasteiger partial charge is 0.315 e. The summed E-state index contributed by atoms with van der Waals surface area (Å²) in [4.78, 5) is 11.6. The zero-order valence-electron chi connectivity index (χ0n) is 11.5. The zero-order valence-corrected chi connectivity index (χ0v) is 13.1. The van der Waals surface area contributed by atoms with Gasteiger partial charge in [0.25, 0.3) is 0 Å². The van der Waals surface area contributed by atoms with Gasteiger partial charge in [-0.1, -0.05) is 12.1 Å². The van der Waals surface area contributed by atoms with Crippen molar-refractivity contribution in [3.63, 3.8) is 0 Å². The van der Waals surface area contributed by atoms with Gasteiger partial charge in [-0.05, 0) is 31.0 Å². The van der Waals surface area contributed by atoms with Gasteiger partial charge in [-0.2, -0.15) is 11.8 Å². The largest absolute Gasteiger partial charge is 0.337 e. The molecule has 0 atom stereocenters. The van der Waals surface area contributed by atoms with Crippen molar-refractivity contribution < 1.29 is 13.2 Å². The summed E-state index contributed by atoms with van der Waals surface area (Å²) in [6.07, 6.45) is 1.97. The van der Waals surface area contributed by atoms with Crippen LogP contribution in [0.5, 0.6) is 0 Å². The minimum Gasteiger partial charge on any atom is -0.337 e. The quantitative estimate of drug-likeness (QED) is 0.648. The Labute approximate surface area is 123 Å². The average molecular weight is 317 g/mol. The van der Waals surface area contributed by atoms with E-state index >= 15 is 0 Å². The Kier molecular flexibility index (Phi) is 6.83. The molecule has 1 aromatic rings. The number of sulfonamides is 1. The Hall–Kier alpha value is -1.25. The molecule has 1 rings (SSSR count). The van der Waals surface area contributed by atoms with Gasteiger partial charge in [-0.3, -0.25) is 0 Å². The van der Waals surface area contributed by atoms with E-state index in [0.29, 0.717) is 6.54 Å². The normalized spacial score (nSPS) is 11.1. The van der Waals surface area contributed by atoms with Crippen molar-refractivity contribution in [1.29, 1.82) is 0 Å². The fraction of sp³-hybridized carbons (Fsp3) is 0.417. The summed E-state index contributed by atoms with van der Waals surface area (Å²) in [6, 6.07) is 6.19. The zero-order chi connectivity index (χ0) is 15.0. The second kappa shape index (κ2) is 8.13. The van der Waals surface area contributed by atoms with E-state index in [-0.39, 0.29) is 17.5 Å². The maximum Gasteiger partial charge on any atom is 0.315 e. The van der Waals surface area contributed by atoms with Crippen molar-refractivity contribution in [1.82, 2.24) is 15.4 Å². The minimum atomic E-state index is -3.46. The molecule has 0 aromatic heterocycles. The first-order chi connectivity index (χ1) is 9.49. The molecule has 0 spiro atoms. The Morgan fingerprint density at radius 1 is 1.30 bits per heavy atom. The van der Waals surface area contributed by atoms with Crippen LogP contribution in [0.25, 0.3) is 0 Å². The number of carbonyl (C=O) groups is 1. The van der Waals surface area contributed by atoms with E-state index < -0.39 is 10.0 Å². The van der Waals surface area contributed by atoms with Crippen molar-refractivity contribution in [3.8, 4) is 0 Å². The number of hydrogen-bond acceptors (Lipinski definition) is 4. The van der Waals surface area contributed by atoms with Gasteiger partial charge in [0, 0.05) is 18.8 Å². The van der Waals surface area contributed by atoms with Crippen LogP contribution >= 0.6 is 11.8 Å². The summed E-state index contributed by atoms with van der Waals surface area (Å²) in [6.45, 7) is 0.874. The molecule has 0 bridgehead atoms. The first kappa shape index (κ1) is 16.8. The van der Waals surface area contributed by atoms with E-state index in [0.717, 1.165) is 11.3 Å².